The Bertz CT molecular complexity index is 958. The molecule has 1 aliphatic carbocycles. The number of fused-ring (bicyclic) bond motifs is 1. The summed E-state index contributed by atoms with van der Waals surface area (Å²) >= 11 is 10.1. The molecular formula is C19H20BrN3O3S2. The summed E-state index contributed by atoms with van der Waals surface area (Å²) in [4.78, 5) is 25.8. The molecule has 0 saturated carbocycles. The van der Waals surface area contributed by atoms with Gasteiger partial charge in [0.15, 0.2) is 5.11 Å². The lowest BCUT2D eigenvalue weighted by molar-refractivity contribution is 0.0972. The van der Waals surface area contributed by atoms with Gasteiger partial charge in [-0.2, -0.15) is 0 Å². The Morgan fingerprint density at radius 1 is 1.39 bits per heavy atom. The summed E-state index contributed by atoms with van der Waals surface area (Å²) in [7, 11) is 1.49. The average Bonchev–Trinajstić information content (AvgIpc) is 2.98. The number of rotatable bonds is 4. The van der Waals surface area contributed by atoms with Crippen LogP contribution in [0.5, 0.6) is 5.75 Å². The van der Waals surface area contributed by atoms with Crippen molar-refractivity contribution >= 4 is 61.4 Å². The number of benzene rings is 1. The minimum absolute atomic E-state index is 0.0983. The molecule has 6 nitrogen and oxygen atoms in total. The fraction of sp³-hybridized carbons (Fsp3) is 0.316. The van der Waals surface area contributed by atoms with Gasteiger partial charge in [-0.1, -0.05) is 22.9 Å². The number of ether oxygens (including phenoxy) is 1. The highest BCUT2D eigenvalue weighted by molar-refractivity contribution is 9.10. The molecule has 0 bridgehead atoms. The van der Waals surface area contributed by atoms with Crippen LogP contribution in [-0.4, -0.2) is 24.0 Å². The van der Waals surface area contributed by atoms with Gasteiger partial charge in [0.1, 0.15) is 10.8 Å². The second-order valence-electron chi connectivity index (χ2n) is 6.67. The highest BCUT2D eigenvalue weighted by Gasteiger charge is 2.27. The largest absolute Gasteiger partial charge is 0.496 e. The summed E-state index contributed by atoms with van der Waals surface area (Å²) in [5.41, 5.74) is 7.44. The molecule has 148 valence electrons. The molecule has 1 heterocycles. The van der Waals surface area contributed by atoms with Crippen LogP contribution in [0.3, 0.4) is 0 Å². The monoisotopic (exact) mass is 481 g/mol. The van der Waals surface area contributed by atoms with E-state index in [1.807, 2.05) is 0 Å². The number of methoxy groups -OCH3 is 1. The van der Waals surface area contributed by atoms with Gasteiger partial charge < -0.3 is 15.8 Å². The van der Waals surface area contributed by atoms with Crippen molar-refractivity contribution in [3.8, 4) is 5.75 Å². The number of primary amides is 1. The van der Waals surface area contributed by atoms with Crippen molar-refractivity contribution in [3.63, 3.8) is 0 Å². The Kier molecular flexibility index (Phi) is 6.36. The minimum Gasteiger partial charge on any atom is -0.496 e. The van der Waals surface area contributed by atoms with Gasteiger partial charge in [0.05, 0.1) is 18.2 Å². The molecule has 2 amide bonds. The van der Waals surface area contributed by atoms with Gasteiger partial charge in [0.2, 0.25) is 0 Å². The number of hydrogen-bond donors (Lipinski definition) is 3. The molecule has 0 radical (unpaired) electrons. The Hall–Kier alpha value is -1.97. The summed E-state index contributed by atoms with van der Waals surface area (Å²) in [6, 6.07) is 5.12. The molecule has 1 aliphatic rings. The van der Waals surface area contributed by atoms with Crippen LogP contribution >= 0.6 is 39.5 Å². The minimum atomic E-state index is -0.489. The Balaban J connectivity index is 1.80. The molecular weight excluding hydrogens is 462 g/mol. The molecule has 28 heavy (non-hydrogen) atoms. The van der Waals surface area contributed by atoms with E-state index >= 15 is 0 Å². The summed E-state index contributed by atoms with van der Waals surface area (Å²) in [6.45, 7) is 2.19. The third kappa shape index (κ3) is 4.37. The lowest BCUT2D eigenvalue weighted by atomic mass is 9.88. The first-order valence-electron chi connectivity index (χ1n) is 8.70. The number of carbonyl (C=O) groups excluding carboxylic acids is 2. The van der Waals surface area contributed by atoms with Crippen molar-refractivity contribution < 1.29 is 14.3 Å². The van der Waals surface area contributed by atoms with Crippen molar-refractivity contribution in [3.05, 3.63) is 44.2 Å². The van der Waals surface area contributed by atoms with Gasteiger partial charge in [-0.3, -0.25) is 14.9 Å². The molecule has 9 heteroatoms. The predicted octanol–water partition coefficient (Wildman–Crippen LogP) is 3.87. The fourth-order valence-corrected chi connectivity index (χ4v) is 5.30. The molecule has 1 atom stereocenters. The molecule has 0 unspecified atom stereocenters. The SMILES string of the molecule is COc1ccc(Br)cc1C(=O)NC(=S)Nc1sc2c(c1C(N)=O)CC[C@H](C)C2. The molecule has 0 saturated heterocycles. The molecule has 0 fully saturated rings. The maximum absolute atomic E-state index is 12.6. The van der Waals surface area contributed by atoms with E-state index in [0.29, 0.717) is 27.8 Å². The molecule has 0 aliphatic heterocycles. The topological polar surface area (TPSA) is 93.4 Å². The summed E-state index contributed by atoms with van der Waals surface area (Å²) < 4.78 is 5.98. The van der Waals surface area contributed by atoms with Crippen LogP contribution < -0.4 is 21.1 Å². The standard InChI is InChI=1S/C19H20BrN3O3S2/c1-9-3-5-11-14(7-9)28-18(15(11)16(21)24)23-19(27)22-17(25)12-8-10(20)4-6-13(12)26-2/h4,6,8-9H,3,5,7H2,1-2H3,(H2,21,24)(H2,22,23,25,27)/t9-/m0/s1. The van der Waals surface area contributed by atoms with Gasteiger partial charge >= 0.3 is 0 Å². The van der Waals surface area contributed by atoms with Crippen LogP contribution in [0.1, 0.15) is 44.5 Å². The van der Waals surface area contributed by atoms with Gasteiger partial charge in [-0.15, -0.1) is 11.3 Å². The van der Waals surface area contributed by atoms with E-state index in [1.54, 1.807) is 18.2 Å². The third-order valence-electron chi connectivity index (χ3n) is 4.62. The van der Waals surface area contributed by atoms with E-state index in [-0.39, 0.29) is 5.11 Å². The number of thiophene rings is 1. The van der Waals surface area contributed by atoms with E-state index < -0.39 is 11.8 Å². The lowest BCUT2D eigenvalue weighted by Gasteiger charge is -2.18. The highest BCUT2D eigenvalue weighted by atomic mass is 79.9. The normalized spacial score (nSPS) is 15.5. The van der Waals surface area contributed by atoms with Crippen LogP contribution in [-0.2, 0) is 12.8 Å². The molecule has 2 aromatic rings. The van der Waals surface area contributed by atoms with Crippen LogP contribution in [0.2, 0.25) is 0 Å². The van der Waals surface area contributed by atoms with E-state index in [2.05, 4.69) is 33.5 Å². The van der Waals surface area contributed by atoms with Crippen LogP contribution in [0, 0.1) is 5.92 Å². The van der Waals surface area contributed by atoms with Gasteiger partial charge in [-0.25, -0.2) is 0 Å². The van der Waals surface area contributed by atoms with Crippen molar-refractivity contribution in [1.29, 1.82) is 0 Å². The van der Waals surface area contributed by atoms with Crippen LogP contribution in [0.15, 0.2) is 22.7 Å². The van der Waals surface area contributed by atoms with Gasteiger partial charge in [0, 0.05) is 9.35 Å². The van der Waals surface area contributed by atoms with Crippen molar-refractivity contribution in [2.75, 3.05) is 12.4 Å². The quantitative estimate of drug-likeness (QED) is 0.576. The van der Waals surface area contributed by atoms with Gasteiger partial charge in [-0.05, 0) is 61.2 Å². The number of anilines is 1. The number of carbonyl (C=O) groups is 2. The van der Waals surface area contributed by atoms with E-state index in [1.165, 1.54) is 18.4 Å². The molecule has 1 aromatic carbocycles. The second kappa shape index (κ2) is 8.59. The van der Waals surface area contributed by atoms with E-state index in [4.69, 9.17) is 22.7 Å². The first-order chi connectivity index (χ1) is 13.3. The molecule has 1 aromatic heterocycles. The number of amides is 2. The Labute approximate surface area is 181 Å². The zero-order valence-electron chi connectivity index (χ0n) is 15.4. The van der Waals surface area contributed by atoms with E-state index in [9.17, 15) is 9.59 Å². The summed E-state index contributed by atoms with van der Waals surface area (Å²) in [5, 5.41) is 6.30. The van der Waals surface area contributed by atoms with E-state index in [0.717, 1.165) is 34.2 Å². The van der Waals surface area contributed by atoms with Crippen LogP contribution in [0.4, 0.5) is 5.00 Å². The van der Waals surface area contributed by atoms with Gasteiger partial charge in [0.25, 0.3) is 11.8 Å². The third-order valence-corrected chi connectivity index (χ3v) is 6.49. The molecule has 3 rings (SSSR count). The maximum atomic E-state index is 12.6. The Morgan fingerprint density at radius 3 is 2.82 bits per heavy atom. The van der Waals surface area contributed by atoms with Crippen molar-refractivity contribution in [1.82, 2.24) is 5.32 Å². The first-order valence-corrected chi connectivity index (χ1v) is 10.7. The fourth-order valence-electron chi connectivity index (χ4n) is 3.26. The van der Waals surface area contributed by atoms with Crippen molar-refractivity contribution in [2.24, 2.45) is 11.7 Å². The maximum Gasteiger partial charge on any atom is 0.261 e. The number of nitrogens with two attached hydrogens (primary N) is 1. The number of halogens is 1. The van der Waals surface area contributed by atoms with Crippen LogP contribution in [0.25, 0.3) is 0 Å². The Morgan fingerprint density at radius 2 is 2.14 bits per heavy atom. The smallest absolute Gasteiger partial charge is 0.261 e. The number of hydrogen-bond acceptors (Lipinski definition) is 5. The predicted molar refractivity (Wildman–Crippen MR) is 118 cm³/mol. The van der Waals surface area contributed by atoms with Crippen molar-refractivity contribution in [2.45, 2.75) is 26.2 Å². The summed E-state index contributed by atoms with van der Waals surface area (Å²) in [6.07, 6.45) is 2.75. The highest BCUT2D eigenvalue weighted by Crippen LogP contribution is 2.39. The summed E-state index contributed by atoms with van der Waals surface area (Å²) in [5.74, 6) is 0.0980. The zero-order chi connectivity index (χ0) is 20.4. The second-order valence-corrected chi connectivity index (χ2v) is 9.10. The average molecular weight is 482 g/mol. The zero-order valence-corrected chi connectivity index (χ0v) is 18.6. The molecule has 4 N–H and O–H groups in total. The molecule has 0 spiro atoms. The first kappa shape index (κ1) is 20.8. The lowest BCUT2D eigenvalue weighted by Crippen LogP contribution is -2.34. The number of nitrogens with one attached hydrogen (secondary N) is 2. The number of thiocarbonyl (C=S) groups is 1.